The van der Waals surface area contributed by atoms with Crippen molar-refractivity contribution < 1.29 is 24.2 Å². The van der Waals surface area contributed by atoms with Gasteiger partial charge in [0.15, 0.2) is 0 Å². The first-order chi connectivity index (χ1) is 9.73. The molecule has 6 nitrogen and oxygen atoms in total. The molecule has 0 saturated heterocycles. The number of hydrogen-bond donors (Lipinski definition) is 1. The molecule has 0 fully saturated rings. The molecule has 0 rings (SSSR count). The number of carboxylic acids is 1. The Labute approximate surface area is 126 Å². The van der Waals surface area contributed by atoms with Crippen LogP contribution in [0, 0.1) is 5.41 Å². The number of aliphatic carboxylic acids is 1. The van der Waals surface area contributed by atoms with E-state index in [0.29, 0.717) is 12.8 Å². The van der Waals surface area contributed by atoms with Crippen molar-refractivity contribution in [3.05, 3.63) is 0 Å². The summed E-state index contributed by atoms with van der Waals surface area (Å²) in [5.74, 6) is -1.78. The van der Waals surface area contributed by atoms with E-state index in [1.807, 2.05) is 0 Å². The van der Waals surface area contributed by atoms with Gasteiger partial charge in [-0.05, 0) is 33.6 Å². The van der Waals surface area contributed by atoms with Crippen LogP contribution in [0.4, 0.5) is 0 Å². The highest BCUT2D eigenvalue weighted by molar-refractivity contribution is 5.87. The van der Waals surface area contributed by atoms with Gasteiger partial charge in [0, 0.05) is 12.5 Å². The molecule has 0 aromatic carbocycles. The molecule has 0 aliphatic rings. The number of nitrogens with zero attached hydrogens (tertiary/aromatic N) is 1. The number of hydrogen-bond acceptors (Lipinski definition) is 4. The number of carboxylic acid groups (broad SMARTS) is 1. The van der Waals surface area contributed by atoms with Gasteiger partial charge >= 0.3 is 11.9 Å². The van der Waals surface area contributed by atoms with Crippen molar-refractivity contribution in [3.8, 4) is 0 Å². The fourth-order valence-corrected chi connectivity index (χ4v) is 2.17. The third kappa shape index (κ3) is 5.36. The zero-order chi connectivity index (χ0) is 16.6. The Hall–Kier alpha value is -1.59. The van der Waals surface area contributed by atoms with Crippen LogP contribution in [0.3, 0.4) is 0 Å². The van der Waals surface area contributed by atoms with E-state index < -0.39 is 17.4 Å². The molecule has 21 heavy (non-hydrogen) atoms. The zero-order valence-electron chi connectivity index (χ0n) is 13.6. The minimum Gasteiger partial charge on any atom is -0.481 e. The second-order valence-electron chi connectivity index (χ2n) is 5.39. The van der Waals surface area contributed by atoms with Gasteiger partial charge in [-0.2, -0.15) is 0 Å². The van der Waals surface area contributed by atoms with Crippen molar-refractivity contribution in [2.45, 2.75) is 59.9 Å². The summed E-state index contributed by atoms with van der Waals surface area (Å²) < 4.78 is 4.85. The quantitative estimate of drug-likeness (QED) is 0.659. The summed E-state index contributed by atoms with van der Waals surface area (Å²) in [6, 6.07) is -0.192. The summed E-state index contributed by atoms with van der Waals surface area (Å²) in [5, 5.41) is 9.40. The summed E-state index contributed by atoms with van der Waals surface area (Å²) in [7, 11) is 0. The van der Waals surface area contributed by atoms with E-state index >= 15 is 0 Å². The zero-order valence-corrected chi connectivity index (χ0v) is 13.6. The maximum absolute atomic E-state index is 12.4. The predicted molar refractivity (Wildman–Crippen MR) is 78.7 cm³/mol. The van der Waals surface area contributed by atoms with Gasteiger partial charge in [-0.3, -0.25) is 14.4 Å². The van der Waals surface area contributed by atoms with Crippen molar-refractivity contribution >= 4 is 17.8 Å². The van der Waals surface area contributed by atoms with Crippen molar-refractivity contribution in [3.63, 3.8) is 0 Å². The van der Waals surface area contributed by atoms with Gasteiger partial charge in [0.25, 0.3) is 0 Å². The standard InChI is InChI=1S/C15H27NO5/c1-6-15(7-2,14(19)20)9-12(17)16(11(4)5)10-13(18)21-8-3/h11H,6-10H2,1-5H3,(H,19,20). The van der Waals surface area contributed by atoms with Crippen LogP contribution >= 0.6 is 0 Å². The van der Waals surface area contributed by atoms with E-state index in [0.717, 1.165) is 0 Å². The van der Waals surface area contributed by atoms with Gasteiger partial charge in [0.05, 0.1) is 12.0 Å². The molecule has 0 aliphatic heterocycles. The summed E-state index contributed by atoms with van der Waals surface area (Å²) in [6.07, 6.45) is 0.638. The molecular formula is C15H27NO5. The van der Waals surface area contributed by atoms with Gasteiger partial charge in [0.2, 0.25) is 5.91 Å². The van der Waals surface area contributed by atoms with Crippen LogP contribution in [0.15, 0.2) is 0 Å². The van der Waals surface area contributed by atoms with Crippen LogP contribution in [0.2, 0.25) is 0 Å². The minimum absolute atomic E-state index is 0.104. The number of ether oxygens (including phenoxy) is 1. The summed E-state index contributed by atoms with van der Waals surface area (Å²) in [5.41, 5.74) is -1.07. The van der Waals surface area contributed by atoms with E-state index in [-0.39, 0.29) is 31.5 Å². The van der Waals surface area contributed by atoms with Crippen LogP contribution in [-0.4, -0.2) is 47.0 Å². The molecule has 0 aliphatic carbocycles. The number of carbonyl (C=O) groups excluding carboxylic acids is 2. The largest absolute Gasteiger partial charge is 0.481 e. The molecule has 6 heteroatoms. The van der Waals surface area contributed by atoms with E-state index in [9.17, 15) is 19.5 Å². The monoisotopic (exact) mass is 301 g/mol. The number of amides is 1. The third-order valence-electron chi connectivity index (χ3n) is 3.85. The van der Waals surface area contributed by atoms with Gasteiger partial charge in [0.1, 0.15) is 6.54 Å². The average Bonchev–Trinajstić information content (AvgIpc) is 2.41. The molecule has 0 aromatic heterocycles. The SMILES string of the molecule is CCOC(=O)CN(C(=O)CC(CC)(CC)C(=O)O)C(C)C. The van der Waals surface area contributed by atoms with Crippen molar-refractivity contribution in [1.82, 2.24) is 4.90 Å². The highest BCUT2D eigenvalue weighted by Gasteiger charge is 2.39. The number of rotatable bonds is 9. The fourth-order valence-electron chi connectivity index (χ4n) is 2.17. The van der Waals surface area contributed by atoms with Crippen molar-refractivity contribution in [2.75, 3.05) is 13.2 Å². The van der Waals surface area contributed by atoms with Crippen LogP contribution < -0.4 is 0 Å². The first kappa shape index (κ1) is 19.4. The van der Waals surface area contributed by atoms with Crippen LogP contribution in [0.25, 0.3) is 0 Å². The Kier molecular flexibility index (Phi) is 7.99. The van der Waals surface area contributed by atoms with E-state index in [4.69, 9.17) is 4.74 Å². The van der Waals surface area contributed by atoms with E-state index in [1.54, 1.807) is 34.6 Å². The Balaban J connectivity index is 5.05. The Morgan fingerprint density at radius 3 is 2.00 bits per heavy atom. The second-order valence-corrected chi connectivity index (χ2v) is 5.39. The summed E-state index contributed by atoms with van der Waals surface area (Å²) in [6.45, 7) is 8.90. The van der Waals surface area contributed by atoms with Gasteiger partial charge in [-0.25, -0.2) is 0 Å². The van der Waals surface area contributed by atoms with E-state index in [2.05, 4.69) is 0 Å². The van der Waals surface area contributed by atoms with Gasteiger partial charge in [-0.15, -0.1) is 0 Å². The molecule has 0 saturated carbocycles. The normalized spacial score (nSPS) is 11.3. The lowest BCUT2D eigenvalue weighted by atomic mass is 9.79. The molecule has 0 spiro atoms. The molecule has 0 radical (unpaired) electrons. The molecule has 0 heterocycles. The molecule has 1 N–H and O–H groups in total. The molecule has 0 aromatic rings. The minimum atomic E-state index is -1.07. The third-order valence-corrected chi connectivity index (χ3v) is 3.85. The fraction of sp³-hybridized carbons (Fsp3) is 0.800. The lowest BCUT2D eigenvalue weighted by Gasteiger charge is -2.31. The van der Waals surface area contributed by atoms with Crippen molar-refractivity contribution in [2.24, 2.45) is 5.41 Å². The second kappa shape index (κ2) is 8.64. The Bertz CT molecular complexity index is 374. The molecule has 1 amide bonds. The first-order valence-corrected chi connectivity index (χ1v) is 7.42. The summed E-state index contributed by atoms with van der Waals surface area (Å²) in [4.78, 5) is 36.8. The van der Waals surface area contributed by atoms with E-state index in [1.165, 1.54) is 4.90 Å². The molecular weight excluding hydrogens is 274 g/mol. The number of carbonyl (C=O) groups is 3. The van der Waals surface area contributed by atoms with Gasteiger partial charge in [-0.1, -0.05) is 13.8 Å². The lowest BCUT2D eigenvalue weighted by molar-refractivity contribution is -0.156. The number of esters is 1. The summed E-state index contributed by atoms with van der Waals surface area (Å²) >= 11 is 0. The topological polar surface area (TPSA) is 83.9 Å². The van der Waals surface area contributed by atoms with Gasteiger partial charge < -0.3 is 14.7 Å². The highest BCUT2D eigenvalue weighted by Crippen LogP contribution is 2.32. The Morgan fingerprint density at radius 2 is 1.67 bits per heavy atom. The van der Waals surface area contributed by atoms with Crippen LogP contribution in [0.5, 0.6) is 0 Å². The predicted octanol–water partition coefficient (Wildman–Crippen LogP) is 2.07. The van der Waals surface area contributed by atoms with Crippen LogP contribution in [0.1, 0.15) is 53.9 Å². The first-order valence-electron chi connectivity index (χ1n) is 7.42. The maximum atomic E-state index is 12.4. The average molecular weight is 301 g/mol. The maximum Gasteiger partial charge on any atom is 0.325 e. The lowest BCUT2D eigenvalue weighted by Crippen LogP contribution is -2.45. The molecule has 0 bridgehead atoms. The van der Waals surface area contributed by atoms with Crippen LogP contribution in [-0.2, 0) is 19.1 Å². The smallest absolute Gasteiger partial charge is 0.325 e. The molecule has 0 unspecified atom stereocenters. The Morgan fingerprint density at radius 1 is 1.14 bits per heavy atom. The molecule has 122 valence electrons. The molecule has 0 atom stereocenters. The van der Waals surface area contributed by atoms with Crippen molar-refractivity contribution in [1.29, 1.82) is 0 Å². The highest BCUT2D eigenvalue weighted by atomic mass is 16.5.